The number of anilines is 1. The summed E-state index contributed by atoms with van der Waals surface area (Å²) in [6.07, 6.45) is 5.69. The zero-order chi connectivity index (χ0) is 34.5. The first-order valence-corrected chi connectivity index (χ1v) is 19.3. The van der Waals surface area contributed by atoms with Crippen molar-refractivity contribution in [2.75, 3.05) is 30.3 Å². The average Bonchev–Trinajstić information content (AvgIpc) is 3.81. The van der Waals surface area contributed by atoms with Crippen LogP contribution in [0.25, 0.3) is 0 Å². The molecule has 49 heavy (non-hydrogen) atoms. The molecule has 1 spiro atoms. The molecule has 0 aromatic heterocycles. The first-order chi connectivity index (χ1) is 23.4. The smallest absolute Gasteiger partial charge is 0.327 e. The van der Waals surface area contributed by atoms with Crippen LogP contribution in [-0.2, 0) is 21.8 Å². The largest absolute Gasteiger partial charge is 0.490 e. The van der Waals surface area contributed by atoms with E-state index in [0.717, 1.165) is 37.8 Å². The summed E-state index contributed by atoms with van der Waals surface area (Å²) in [6, 6.07) is 9.52. The van der Waals surface area contributed by atoms with Gasteiger partial charge in [0.2, 0.25) is 6.43 Å². The molecule has 2 aromatic rings. The number of nitrogens with one attached hydrogen (secondary N) is 2. The Morgan fingerprint density at radius 2 is 2.06 bits per heavy atom. The highest BCUT2D eigenvalue weighted by Gasteiger charge is 2.46. The Morgan fingerprint density at radius 3 is 2.82 bits per heavy atom. The van der Waals surface area contributed by atoms with Gasteiger partial charge >= 0.3 is 6.03 Å². The summed E-state index contributed by atoms with van der Waals surface area (Å²) in [4.78, 5) is 28.9. The van der Waals surface area contributed by atoms with Crippen molar-refractivity contribution in [2.45, 2.75) is 75.9 Å². The molecule has 3 N–H and O–H groups in total. The van der Waals surface area contributed by atoms with Crippen molar-refractivity contribution < 1.29 is 32.4 Å². The highest BCUT2D eigenvalue weighted by Crippen LogP contribution is 2.47. The number of ether oxygens (including phenoxy) is 1. The number of amides is 3. The number of urea groups is 1. The summed E-state index contributed by atoms with van der Waals surface area (Å²) in [7, 11) is -3.67. The van der Waals surface area contributed by atoms with Gasteiger partial charge in [-0.15, -0.1) is 4.36 Å². The van der Waals surface area contributed by atoms with Crippen LogP contribution in [0.2, 0.25) is 5.02 Å². The molecule has 2 heterocycles. The highest BCUT2D eigenvalue weighted by atomic mass is 35.5. The summed E-state index contributed by atoms with van der Waals surface area (Å²) in [5, 5.41) is 14.4. The predicted octanol–water partition coefficient (Wildman–Crippen LogP) is 6.27. The van der Waals surface area contributed by atoms with Crippen molar-refractivity contribution in [3.63, 3.8) is 0 Å². The van der Waals surface area contributed by atoms with Crippen LogP contribution < -0.4 is 19.7 Å². The number of fused-ring (bicyclic) bond motifs is 4. The van der Waals surface area contributed by atoms with E-state index in [2.05, 4.69) is 25.4 Å². The lowest BCUT2D eigenvalue weighted by atomic mass is 9.68. The first kappa shape index (κ1) is 34.2. The van der Waals surface area contributed by atoms with Crippen molar-refractivity contribution in [1.29, 1.82) is 0 Å². The van der Waals surface area contributed by atoms with E-state index < -0.39 is 46.3 Å². The van der Waals surface area contributed by atoms with Crippen LogP contribution in [0.5, 0.6) is 5.75 Å². The zero-order valence-corrected chi connectivity index (χ0v) is 29.0. The molecule has 1 unspecified atom stereocenters. The van der Waals surface area contributed by atoms with Crippen molar-refractivity contribution in [3.8, 4) is 5.75 Å². The SMILES string of the molecule is C[C@H]1C/C=C\[C@H](O)[C@@H]2CC[C@H]2CN2C[C@@]3(CCCc4cc(Cl)ccc43)COc3ccc(cc32)C(=O)N=S(=O)(NC(=O)N[C@H]2C[C@@H]2C(F)F)C1. The third kappa shape index (κ3) is 7.19. The van der Waals surface area contributed by atoms with Crippen LogP contribution in [0.1, 0.15) is 66.9 Å². The van der Waals surface area contributed by atoms with E-state index in [1.807, 2.05) is 25.1 Å². The number of nitrogens with zero attached hydrogens (tertiary/aromatic N) is 2. The van der Waals surface area contributed by atoms with Crippen LogP contribution in [0.4, 0.5) is 19.3 Å². The third-order valence-corrected chi connectivity index (χ3v) is 13.2. The van der Waals surface area contributed by atoms with Crippen LogP contribution in [0.15, 0.2) is 52.9 Å². The number of aliphatic hydroxyl groups is 1. The van der Waals surface area contributed by atoms with Crippen LogP contribution in [-0.4, -0.2) is 65.3 Å². The Bertz CT molecular complexity index is 1780. The maximum absolute atomic E-state index is 14.2. The topological polar surface area (TPSA) is 120 Å². The minimum atomic E-state index is -3.67. The van der Waals surface area contributed by atoms with Crippen molar-refractivity contribution in [3.05, 3.63) is 70.3 Å². The van der Waals surface area contributed by atoms with Gasteiger partial charge in [-0.2, -0.15) is 0 Å². The van der Waals surface area contributed by atoms with Gasteiger partial charge in [0.15, 0.2) is 0 Å². The maximum atomic E-state index is 14.2. The molecule has 0 saturated heterocycles. The number of aliphatic hydroxyl groups excluding tert-OH is 1. The fraction of sp³-hybridized carbons (Fsp3) is 0.556. The molecule has 8 atom stereocenters. The van der Waals surface area contributed by atoms with Crippen LogP contribution in [0, 0.1) is 23.7 Å². The average molecular weight is 717 g/mol. The van der Waals surface area contributed by atoms with Crippen molar-refractivity contribution in [1.82, 2.24) is 10.0 Å². The second kappa shape index (κ2) is 13.5. The number of hydrogen-bond donors (Lipinski definition) is 3. The van der Waals surface area contributed by atoms with E-state index in [0.29, 0.717) is 36.9 Å². The fourth-order valence-electron chi connectivity index (χ4n) is 8.14. The number of allylic oxidation sites excluding steroid dienone is 1. The summed E-state index contributed by atoms with van der Waals surface area (Å²) in [6.45, 7) is 3.56. The number of halogens is 3. The number of rotatable bonds is 3. The van der Waals surface area contributed by atoms with Gasteiger partial charge in [0, 0.05) is 41.1 Å². The lowest BCUT2D eigenvalue weighted by molar-refractivity contribution is 0.0456. The van der Waals surface area contributed by atoms with Gasteiger partial charge in [-0.3, -0.25) is 9.52 Å². The molecule has 2 saturated carbocycles. The number of aryl methyl sites for hydroxylation is 1. The van der Waals surface area contributed by atoms with E-state index >= 15 is 0 Å². The molecule has 2 fully saturated rings. The Kier molecular flexibility index (Phi) is 9.42. The Morgan fingerprint density at radius 1 is 1.22 bits per heavy atom. The Labute approximate surface area is 291 Å². The van der Waals surface area contributed by atoms with Crippen molar-refractivity contribution >= 4 is 39.1 Å². The van der Waals surface area contributed by atoms with Crippen LogP contribution >= 0.6 is 11.6 Å². The summed E-state index contributed by atoms with van der Waals surface area (Å²) < 4.78 is 53.4. The minimum Gasteiger partial charge on any atom is -0.490 e. The summed E-state index contributed by atoms with van der Waals surface area (Å²) in [5.41, 5.74) is 3.02. The predicted molar refractivity (Wildman–Crippen MR) is 185 cm³/mol. The molecule has 5 aliphatic rings. The van der Waals surface area contributed by atoms with Crippen molar-refractivity contribution in [2.24, 2.45) is 28.0 Å². The van der Waals surface area contributed by atoms with Gasteiger partial charge in [0.25, 0.3) is 5.91 Å². The standard InChI is InChI=1S/C36H43ClF2N4O5S/c1-21-4-2-6-31(44)26-10-7-24(26)17-43-19-36(13-3-5-22-14-25(37)9-11-28(22)36)20-48-32-12-8-23(15-30(32)43)34(45)41-49(47,18-21)42-35(46)40-29-16-27(29)33(38)39/h2,6,8-9,11-12,14-15,21,24,26-27,29,31,33,44H,3-5,7,10,13,16-20H2,1H3,(H2,40,41,42,45,46,47)/b6-2-/t21-,24-,26+,27-,29-,31-,36-,49?/m0/s1. The molecule has 9 nitrogen and oxygen atoms in total. The molecular weight excluding hydrogens is 674 g/mol. The molecule has 2 aliphatic heterocycles. The van der Waals surface area contributed by atoms with Crippen LogP contribution in [0.3, 0.4) is 0 Å². The quantitative estimate of drug-likeness (QED) is 0.322. The maximum Gasteiger partial charge on any atom is 0.327 e. The van der Waals surface area contributed by atoms with Gasteiger partial charge in [-0.05, 0) is 104 Å². The van der Waals surface area contributed by atoms with Gasteiger partial charge in [-0.25, -0.2) is 17.8 Å². The number of carbonyl (C=O) groups excluding carboxylic acids is 2. The number of carbonyl (C=O) groups is 2. The second-order valence-corrected chi connectivity index (χ2v) is 17.1. The molecular formula is C36H43ClF2N4O5S. The lowest BCUT2D eigenvalue weighted by Crippen LogP contribution is -2.49. The van der Waals surface area contributed by atoms with E-state index in [9.17, 15) is 27.7 Å². The van der Waals surface area contributed by atoms with Gasteiger partial charge in [0.1, 0.15) is 15.7 Å². The van der Waals surface area contributed by atoms with Gasteiger partial charge < -0.3 is 20.1 Å². The highest BCUT2D eigenvalue weighted by molar-refractivity contribution is 7.92. The Hall–Kier alpha value is -3.22. The van der Waals surface area contributed by atoms with Gasteiger partial charge in [-0.1, -0.05) is 36.7 Å². The first-order valence-electron chi connectivity index (χ1n) is 17.2. The third-order valence-electron chi connectivity index (χ3n) is 11.0. The molecule has 3 aliphatic carbocycles. The molecule has 0 radical (unpaired) electrons. The molecule has 7 rings (SSSR count). The monoisotopic (exact) mass is 716 g/mol. The molecule has 3 amide bonds. The lowest BCUT2D eigenvalue weighted by Gasteiger charge is -2.45. The normalized spacial score (nSPS) is 34.7. The molecule has 264 valence electrons. The summed E-state index contributed by atoms with van der Waals surface area (Å²) in [5.74, 6) is -1.22. The number of hydrogen-bond acceptors (Lipinski definition) is 6. The second-order valence-electron chi connectivity index (χ2n) is 14.7. The minimum absolute atomic E-state index is 0.0642. The fourth-order valence-corrected chi connectivity index (χ4v) is 10.2. The number of benzene rings is 2. The zero-order valence-electron chi connectivity index (χ0n) is 27.5. The molecule has 13 heteroatoms. The molecule has 2 bridgehead atoms. The molecule has 2 aromatic carbocycles. The van der Waals surface area contributed by atoms with Gasteiger partial charge in [0.05, 0.1) is 24.2 Å². The van der Waals surface area contributed by atoms with E-state index in [1.54, 1.807) is 24.3 Å². The van der Waals surface area contributed by atoms with E-state index in [1.165, 1.54) is 11.1 Å². The summed E-state index contributed by atoms with van der Waals surface area (Å²) >= 11 is 6.40. The Balaban J connectivity index is 1.25. The van der Waals surface area contributed by atoms with E-state index in [-0.39, 0.29) is 40.9 Å². The van der Waals surface area contributed by atoms with E-state index in [4.69, 9.17) is 16.3 Å². The number of alkyl halides is 2.